The van der Waals surface area contributed by atoms with Crippen molar-refractivity contribution < 1.29 is 19.1 Å². The second kappa shape index (κ2) is 12.4. The van der Waals surface area contributed by atoms with Crippen molar-refractivity contribution in [3.8, 4) is 12.3 Å². The summed E-state index contributed by atoms with van der Waals surface area (Å²) in [6.45, 7) is 12.9. The van der Waals surface area contributed by atoms with Crippen LogP contribution in [0.3, 0.4) is 0 Å². The Balaban J connectivity index is 2.49. The first kappa shape index (κ1) is 29.4. The third-order valence-electron chi connectivity index (χ3n) is 5.35. The molecule has 0 radical (unpaired) electrons. The standard InChI is InChI=1S/C30H39N3O4/c1-9-21-16-18-23(19-17-21)25(26(34)32-29(3,4)5)33(10-2)27(35)24(20-22-14-12-11-13-15-22)31-28(36)37-30(6,7)8/h1,11-19,24-25H,10,20H2,2-8H3,(H,31,36)(H,32,34). The van der Waals surface area contributed by atoms with Crippen LogP contribution in [0.1, 0.15) is 71.2 Å². The predicted octanol–water partition coefficient (Wildman–Crippen LogP) is 4.61. The molecule has 0 heterocycles. The summed E-state index contributed by atoms with van der Waals surface area (Å²) in [4.78, 5) is 41.8. The topological polar surface area (TPSA) is 87.7 Å². The Kier molecular flexibility index (Phi) is 9.90. The number of likely N-dealkylation sites (N-methyl/N-ethyl adjacent to an activating group) is 1. The lowest BCUT2D eigenvalue weighted by atomic mass is 9.98. The van der Waals surface area contributed by atoms with Crippen molar-refractivity contribution in [3.05, 3.63) is 71.3 Å². The van der Waals surface area contributed by atoms with Gasteiger partial charge in [-0.25, -0.2) is 4.79 Å². The number of amides is 3. The van der Waals surface area contributed by atoms with Crippen LogP contribution >= 0.6 is 0 Å². The van der Waals surface area contributed by atoms with Gasteiger partial charge in [0, 0.05) is 24.1 Å². The molecule has 0 aliphatic carbocycles. The van der Waals surface area contributed by atoms with Crippen LogP contribution in [0.5, 0.6) is 0 Å². The van der Waals surface area contributed by atoms with Crippen LogP contribution in [0.15, 0.2) is 54.6 Å². The lowest BCUT2D eigenvalue weighted by Crippen LogP contribution is -2.55. The van der Waals surface area contributed by atoms with E-state index in [-0.39, 0.29) is 18.9 Å². The van der Waals surface area contributed by atoms with Gasteiger partial charge in [-0.1, -0.05) is 48.4 Å². The zero-order valence-electron chi connectivity index (χ0n) is 22.9. The summed E-state index contributed by atoms with van der Waals surface area (Å²) >= 11 is 0. The van der Waals surface area contributed by atoms with Gasteiger partial charge in [0.2, 0.25) is 11.8 Å². The van der Waals surface area contributed by atoms with Gasteiger partial charge >= 0.3 is 6.09 Å². The number of benzene rings is 2. The van der Waals surface area contributed by atoms with Crippen molar-refractivity contribution >= 4 is 17.9 Å². The van der Waals surface area contributed by atoms with E-state index in [1.165, 1.54) is 4.90 Å². The van der Waals surface area contributed by atoms with Crippen molar-refractivity contribution in [1.82, 2.24) is 15.5 Å². The minimum atomic E-state index is -0.952. The molecule has 37 heavy (non-hydrogen) atoms. The van der Waals surface area contributed by atoms with E-state index in [1.54, 1.807) is 52.0 Å². The van der Waals surface area contributed by atoms with Gasteiger partial charge in [-0.15, -0.1) is 6.42 Å². The number of nitrogens with one attached hydrogen (secondary N) is 2. The van der Waals surface area contributed by atoms with E-state index in [0.717, 1.165) is 5.56 Å². The zero-order chi connectivity index (χ0) is 27.8. The van der Waals surface area contributed by atoms with E-state index in [4.69, 9.17) is 11.2 Å². The van der Waals surface area contributed by atoms with Crippen molar-refractivity contribution in [1.29, 1.82) is 0 Å². The molecule has 0 bridgehead atoms. The Labute approximate surface area is 221 Å². The van der Waals surface area contributed by atoms with Gasteiger partial charge in [0.25, 0.3) is 0 Å². The maximum absolute atomic E-state index is 14.0. The fourth-order valence-electron chi connectivity index (χ4n) is 3.84. The summed E-state index contributed by atoms with van der Waals surface area (Å²) in [5.41, 5.74) is 0.896. The van der Waals surface area contributed by atoms with Gasteiger partial charge < -0.3 is 20.3 Å². The molecule has 2 unspecified atom stereocenters. The van der Waals surface area contributed by atoms with Crippen LogP contribution < -0.4 is 10.6 Å². The Hall–Kier alpha value is -3.79. The summed E-state index contributed by atoms with van der Waals surface area (Å²) in [5, 5.41) is 5.73. The van der Waals surface area contributed by atoms with Crippen LogP contribution in [0.4, 0.5) is 4.79 Å². The van der Waals surface area contributed by atoms with Gasteiger partial charge in [0.15, 0.2) is 0 Å². The van der Waals surface area contributed by atoms with Gasteiger partial charge in [0.05, 0.1) is 0 Å². The molecule has 2 N–H and O–H groups in total. The van der Waals surface area contributed by atoms with E-state index < -0.39 is 35.2 Å². The first-order chi connectivity index (χ1) is 17.2. The van der Waals surface area contributed by atoms with Gasteiger partial charge in [-0.2, -0.15) is 0 Å². The molecular weight excluding hydrogens is 466 g/mol. The summed E-state index contributed by atoms with van der Waals surface area (Å²) in [7, 11) is 0. The number of nitrogens with zero attached hydrogens (tertiary/aromatic N) is 1. The molecule has 0 saturated carbocycles. The molecule has 2 aromatic carbocycles. The number of ether oxygens (including phenoxy) is 1. The first-order valence-corrected chi connectivity index (χ1v) is 12.5. The molecule has 0 aliphatic rings. The number of hydrogen-bond donors (Lipinski definition) is 2. The molecule has 0 fully saturated rings. The normalized spacial score (nSPS) is 13.0. The average molecular weight is 506 g/mol. The highest BCUT2D eigenvalue weighted by Gasteiger charge is 2.36. The largest absolute Gasteiger partial charge is 0.444 e. The molecule has 198 valence electrons. The minimum Gasteiger partial charge on any atom is -0.444 e. The molecule has 0 aliphatic heterocycles. The SMILES string of the molecule is C#Cc1ccc(C(C(=O)NC(C)(C)C)N(CC)C(=O)C(Cc2ccccc2)NC(=O)OC(C)(C)C)cc1. The zero-order valence-corrected chi connectivity index (χ0v) is 22.9. The Bertz CT molecular complexity index is 1110. The molecule has 2 rings (SSSR count). The van der Waals surface area contributed by atoms with E-state index in [0.29, 0.717) is 11.1 Å². The second-order valence-corrected chi connectivity index (χ2v) is 10.9. The van der Waals surface area contributed by atoms with Crippen LogP contribution in [0.2, 0.25) is 0 Å². The third-order valence-corrected chi connectivity index (χ3v) is 5.35. The number of terminal acetylenes is 1. The third kappa shape index (κ3) is 9.30. The molecule has 2 atom stereocenters. The van der Waals surface area contributed by atoms with Crippen LogP contribution in [0, 0.1) is 12.3 Å². The summed E-state index contributed by atoms with van der Waals surface area (Å²) < 4.78 is 5.43. The number of hydrogen-bond acceptors (Lipinski definition) is 4. The highest BCUT2D eigenvalue weighted by atomic mass is 16.6. The summed E-state index contributed by atoms with van der Waals surface area (Å²) in [6.07, 6.45) is 5.04. The van der Waals surface area contributed by atoms with Gasteiger partial charge in [0.1, 0.15) is 17.7 Å². The lowest BCUT2D eigenvalue weighted by Gasteiger charge is -2.35. The molecule has 7 nitrogen and oxygen atoms in total. The lowest BCUT2D eigenvalue weighted by molar-refractivity contribution is -0.142. The Morgan fingerprint density at radius 3 is 2.05 bits per heavy atom. The van der Waals surface area contributed by atoms with Crippen LogP contribution in [-0.4, -0.2) is 46.5 Å². The van der Waals surface area contributed by atoms with Crippen molar-refractivity contribution in [3.63, 3.8) is 0 Å². The molecule has 0 spiro atoms. The van der Waals surface area contributed by atoms with E-state index in [9.17, 15) is 14.4 Å². The maximum atomic E-state index is 14.0. The van der Waals surface area contributed by atoms with Crippen molar-refractivity contribution in [2.75, 3.05) is 6.54 Å². The van der Waals surface area contributed by atoms with Crippen molar-refractivity contribution in [2.45, 2.75) is 78.1 Å². The van der Waals surface area contributed by atoms with Gasteiger partial charge in [-0.3, -0.25) is 9.59 Å². The molecule has 7 heteroatoms. The summed E-state index contributed by atoms with van der Waals surface area (Å²) in [6, 6.07) is 14.5. The molecular formula is C30H39N3O4. The predicted molar refractivity (Wildman–Crippen MR) is 146 cm³/mol. The van der Waals surface area contributed by atoms with Crippen LogP contribution in [-0.2, 0) is 20.7 Å². The van der Waals surface area contributed by atoms with Gasteiger partial charge in [-0.05, 0) is 71.7 Å². The summed E-state index contributed by atoms with van der Waals surface area (Å²) in [5.74, 6) is 1.85. The molecule has 2 aromatic rings. The smallest absolute Gasteiger partial charge is 0.408 e. The number of carbonyl (C=O) groups is 3. The van der Waals surface area contributed by atoms with E-state index in [2.05, 4.69) is 16.6 Å². The van der Waals surface area contributed by atoms with E-state index in [1.807, 2.05) is 51.1 Å². The van der Waals surface area contributed by atoms with Crippen LogP contribution in [0.25, 0.3) is 0 Å². The van der Waals surface area contributed by atoms with E-state index >= 15 is 0 Å². The first-order valence-electron chi connectivity index (χ1n) is 12.5. The fraction of sp³-hybridized carbons (Fsp3) is 0.433. The van der Waals surface area contributed by atoms with Crippen molar-refractivity contribution in [2.24, 2.45) is 0 Å². The monoisotopic (exact) mass is 505 g/mol. The minimum absolute atomic E-state index is 0.235. The number of rotatable bonds is 8. The Morgan fingerprint density at radius 2 is 1.57 bits per heavy atom. The Morgan fingerprint density at radius 1 is 0.973 bits per heavy atom. The molecule has 0 aromatic heterocycles. The highest BCUT2D eigenvalue weighted by Crippen LogP contribution is 2.24. The number of alkyl carbamates (subject to hydrolysis) is 1. The highest BCUT2D eigenvalue weighted by molar-refractivity contribution is 5.92. The fourth-order valence-corrected chi connectivity index (χ4v) is 3.84. The molecule has 3 amide bonds. The maximum Gasteiger partial charge on any atom is 0.408 e. The quantitative estimate of drug-likeness (QED) is 0.513. The molecule has 0 saturated heterocycles. The number of carbonyl (C=O) groups excluding carboxylic acids is 3. The second-order valence-electron chi connectivity index (χ2n) is 10.9. The average Bonchev–Trinajstić information content (AvgIpc) is 2.80.